The van der Waals surface area contributed by atoms with Crippen LogP contribution in [0.25, 0.3) is 0 Å². The second-order valence-corrected chi connectivity index (χ2v) is 5.56. The molecule has 1 amide bonds. The molecule has 0 radical (unpaired) electrons. The summed E-state index contributed by atoms with van der Waals surface area (Å²) in [5, 5.41) is 8.95. The van der Waals surface area contributed by atoms with E-state index in [0.717, 1.165) is 25.2 Å². The van der Waals surface area contributed by atoms with Crippen molar-refractivity contribution in [2.75, 3.05) is 5.32 Å². The third-order valence-corrected chi connectivity index (χ3v) is 3.93. The topological polar surface area (TPSA) is 59.8 Å². The molecule has 5 nitrogen and oxygen atoms in total. The molecule has 1 aliphatic heterocycles. The number of amides is 1. The smallest absolute Gasteiger partial charge is 0.268 e. The lowest BCUT2D eigenvalue weighted by Crippen LogP contribution is -2.19. The molecule has 1 N–H and O–H groups in total. The van der Waals surface area contributed by atoms with E-state index in [1.54, 1.807) is 6.07 Å². The monoisotopic (exact) mass is 262 g/mol. The Bertz CT molecular complexity index is 561. The molecule has 18 heavy (non-hydrogen) atoms. The maximum absolute atomic E-state index is 11.9. The van der Waals surface area contributed by atoms with Gasteiger partial charge in [-0.3, -0.25) is 10.1 Å². The predicted octanol–water partition coefficient (Wildman–Crippen LogP) is 2.17. The second-order valence-electron chi connectivity index (χ2n) is 4.61. The Labute approximate surface area is 109 Å². The van der Waals surface area contributed by atoms with Crippen molar-refractivity contribution in [2.24, 2.45) is 5.92 Å². The number of anilines is 1. The van der Waals surface area contributed by atoms with E-state index < -0.39 is 0 Å². The quantitative estimate of drug-likeness (QED) is 0.902. The maximum Gasteiger partial charge on any atom is 0.268 e. The third-order valence-electron chi connectivity index (χ3n) is 3.06. The average Bonchev–Trinajstić information content (AvgIpc) is 2.95. The molecule has 1 aliphatic rings. The summed E-state index contributed by atoms with van der Waals surface area (Å²) >= 11 is 1.41. The molecule has 2 aromatic rings. The molecule has 94 valence electrons. The van der Waals surface area contributed by atoms with E-state index in [1.165, 1.54) is 11.3 Å². The van der Waals surface area contributed by atoms with Gasteiger partial charge in [0.05, 0.1) is 4.88 Å². The first kappa shape index (κ1) is 11.4. The zero-order chi connectivity index (χ0) is 12.5. The molecule has 3 heterocycles. The van der Waals surface area contributed by atoms with Crippen molar-refractivity contribution in [3.63, 3.8) is 0 Å². The fourth-order valence-electron chi connectivity index (χ4n) is 2.09. The first-order valence-electron chi connectivity index (χ1n) is 6.01. The number of aryl methyl sites for hydroxylation is 1. The standard InChI is InChI=1S/C12H14N4OS/c1-8-4-5-10-13-12(15-16(10)7-8)14-11(17)9-3-2-6-18-9/h2-3,6,8H,4-5,7H2,1H3,(H,14,15,17). The van der Waals surface area contributed by atoms with Gasteiger partial charge in [-0.25, -0.2) is 4.68 Å². The van der Waals surface area contributed by atoms with E-state index in [1.807, 2.05) is 16.1 Å². The van der Waals surface area contributed by atoms with Crippen LogP contribution in [0, 0.1) is 5.92 Å². The van der Waals surface area contributed by atoms with Crippen molar-refractivity contribution < 1.29 is 4.79 Å². The van der Waals surface area contributed by atoms with Crippen LogP contribution in [0.5, 0.6) is 0 Å². The number of nitrogens with zero attached hydrogens (tertiary/aromatic N) is 3. The Balaban J connectivity index is 1.76. The molecule has 0 bridgehead atoms. The Hall–Kier alpha value is -1.69. The van der Waals surface area contributed by atoms with Crippen LogP contribution >= 0.6 is 11.3 Å². The number of thiophene rings is 1. The van der Waals surface area contributed by atoms with Gasteiger partial charge >= 0.3 is 0 Å². The first-order valence-corrected chi connectivity index (χ1v) is 6.89. The molecule has 1 atom stereocenters. The Morgan fingerprint density at radius 3 is 3.28 bits per heavy atom. The van der Waals surface area contributed by atoms with Crippen molar-refractivity contribution in [3.8, 4) is 0 Å². The van der Waals surface area contributed by atoms with Gasteiger partial charge in [0.2, 0.25) is 5.95 Å². The fraction of sp³-hybridized carbons (Fsp3) is 0.417. The summed E-state index contributed by atoms with van der Waals surface area (Å²) in [6.07, 6.45) is 2.07. The second kappa shape index (κ2) is 4.53. The van der Waals surface area contributed by atoms with Gasteiger partial charge in [0.15, 0.2) is 0 Å². The van der Waals surface area contributed by atoms with Crippen LogP contribution in [0.1, 0.15) is 28.8 Å². The fourth-order valence-corrected chi connectivity index (χ4v) is 2.71. The van der Waals surface area contributed by atoms with Gasteiger partial charge in [0.25, 0.3) is 5.91 Å². The average molecular weight is 262 g/mol. The molecule has 0 saturated carbocycles. The molecule has 3 rings (SSSR count). The van der Waals surface area contributed by atoms with E-state index in [2.05, 4.69) is 22.3 Å². The minimum atomic E-state index is -0.138. The van der Waals surface area contributed by atoms with Crippen LogP contribution in [0.15, 0.2) is 17.5 Å². The summed E-state index contributed by atoms with van der Waals surface area (Å²) in [6, 6.07) is 3.64. The highest BCUT2D eigenvalue weighted by Gasteiger charge is 2.19. The Morgan fingerprint density at radius 1 is 1.61 bits per heavy atom. The highest BCUT2D eigenvalue weighted by molar-refractivity contribution is 7.12. The van der Waals surface area contributed by atoms with E-state index >= 15 is 0 Å². The van der Waals surface area contributed by atoms with Gasteiger partial charge in [-0.15, -0.1) is 16.4 Å². The minimum Gasteiger partial charge on any atom is -0.288 e. The van der Waals surface area contributed by atoms with E-state index in [-0.39, 0.29) is 5.91 Å². The van der Waals surface area contributed by atoms with Crippen molar-refractivity contribution in [1.82, 2.24) is 14.8 Å². The lowest BCUT2D eigenvalue weighted by molar-refractivity contribution is 0.102. The van der Waals surface area contributed by atoms with Crippen molar-refractivity contribution in [1.29, 1.82) is 0 Å². The van der Waals surface area contributed by atoms with Crippen LogP contribution < -0.4 is 5.32 Å². The van der Waals surface area contributed by atoms with Crippen LogP contribution in [0.4, 0.5) is 5.95 Å². The van der Waals surface area contributed by atoms with Crippen LogP contribution in [0.3, 0.4) is 0 Å². The third kappa shape index (κ3) is 2.15. The minimum absolute atomic E-state index is 0.138. The van der Waals surface area contributed by atoms with Crippen molar-refractivity contribution >= 4 is 23.2 Å². The summed E-state index contributed by atoms with van der Waals surface area (Å²) in [7, 11) is 0. The molecular weight excluding hydrogens is 248 g/mol. The zero-order valence-electron chi connectivity index (χ0n) is 10.1. The lowest BCUT2D eigenvalue weighted by atomic mass is 10.0. The summed E-state index contributed by atoms with van der Waals surface area (Å²) in [5.41, 5.74) is 0. The lowest BCUT2D eigenvalue weighted by Gasteiger charge is -2.17. The molecular formula is C12H14N4OS. The van der Waals surface area contributed by atoms with Crippen molar-refractivity contribution in [2.45, 2.75) is 26.3 Å². The number of hydrogen-bond donors (Lipinski definition) is 1. The molecule has 0 spiro atoms. The first-order chi connectivity index (χ1) is 8.72. The number of hydrogen-bond acceptors (Lipinski definition) is 4. The SMILES string of the molecule is CC1CCc2nc(NC(=O)c3cccs3)nn2C1. The Morgan fingerprint density at radius 2 is 2.50 bits per heavy atom. The normalized spacial score (nSPS) is 18.4. The van der Waals surface area contributed by atoms with E-state index in [9.17, 15) is 4.79 Å². The molecule has 1 unspecified atom stereocenters. The summed E-state index contributed by atoms with van der Waals surface area (Å²) in [4.78, 5) is 16.9. The molecule has 0 aromatic carbocycles. The van der Waals surface area contributed by atoms with Gasteiger partial charge < -0.3 is 0 Å². The molecule has 0 fully saturated rings. The molecule has 0 aliphatic carbocycles. The summed E-state index contributed by atoms with van der Waals surface area (Å²) in [6.45, 7) is 3.09. The molecule has 6 heteroatoms. The number of fused-ring (bicyclic) bond motifs is 1. The Kier molecular flexibility index (Phi) is 2.87. The van der Waals surface area contributed by atoms with Crippen LogP contribution in [-0.4, -0.2) is 20.7 Å². The van der Waals surface area contributed by atoms with Gasteiger partial charge in [-0.2, -0.15) is 4.98 Å². The highest BCUT2D eigenvalue weighted by atomic mass is 32.1. The molecule has 0 saturated heterocycles. The summed E-state index contributed by atoms with van der Waals surface area (Å²) < 4.78 is 1.90. The van der Waals surface area contributed by atoms with E-state index in [4.69, 9.17) is 0 Å². The number of carbonyl (C=O) groups excluding carboxylic acids is 1. The maximum atomic E-state index is 11.9. The van der Waals surface area contributed by atoms with Crippen LogP contribution in [-0.2, 0) is 13.0 Å². The van der Waals surface area contributed by atoms with Gasteiger partial charge in [0.1, 0.15) is 5.82 Å². The largest absolute Gasteiger partial charge is 0.288 e. The highest BCUT2D eigenvalue weighted by Crippen LogP contribution is 2.19. The summed E-state index contributed by atoms with van der Waals surface area (Å²) in [5.74, 6) is 1.87. The van der Waals surface area contributed by atoms with Crippen LogP contribution in [0.2, 0.25) is 0 Å². The van der Waals surface area contributed by atoms with E-state index in [0.29, 0.717) is 16.7 Å². The zero-order valence-corrected chi connectivity index (χ0v) is 10.9. The molecule has 2 aromatic heterocycles. The van der Waals surface area contributed by atoms with Gasteiger partial charge in [-0.05, 0) is 23.8 Å². The van der Waals surface area contributed by atoms with Gasteiger partial charge in [-0.1, -0.05) is 13.0 Å². The van der Waals surface area contributed by atoms with Crippen molar-refractivity contribution in [3.05, 3.63) is 28.2 Å². The van der Waals surface area contributed by atoms with Gasteiger partial charge in [0, 0.05) is 13.0 Å². The number of aromatic nitrogens is 3. The number of rotatable bonds is 2. The number of nitrogens with one attached hydrogen (secondary N) is 1. The number of carbonyl (C=O) groups is 1. The predicted molar refractivity (Wildman–Crippen MR) is 69.8 cm³/mol.